The molecule has 1 saturated carbocycles. The average Bonchev–Trinajstić information content (AvgIpc) is 2.73. The minimum Gasteiger partial charge on any atom is -0.391 e. The lowest BCUT2D eigenvalue weighted by atomic mass is 9.89. The van der Waals surface area contributed by atoms with Gasteiger partial charge in [0, 0.05) is 6.54 Å². The molecule has 1 aliphatic carbocycles. The van der Waals surface area contributed by atoms with Crippen LogP contribution in [0.25, 0.3) is 32.3 Å². The van der Waals surface area contributed by atoms with E-state index in [2.05, 4.69) is 72.0 Å². The highest BCUT2D eigenvalue weighted by Gasteiger charge is 2.30. The van der Waals surface area contributed by atoms with Crippen LogP contribution in [0.1, 0.15) is 24.8 Å². The van der Waals surface area contributed by atoms with E-state index in [1.165, 1.54) is 37.9 Å². The molecule has 3 atom stereocenters. The van der Waals surface area contributed by atoms with Crippen molar-refractivity contribution in [3.8, 4) is 0 Å². The number of hydrogen-bond donors (Lipinski definition) is 3. The van der Waals surface area contributed by atoms with Crippen molar-refractivity contribution in [3.05, 3.63) is 72.3 Å². The monoisotopic (exact) mass is 407 g/mol. The summed E-state index contributed by atoms with van der Waals surface area (Å²) in [6, 6.07) is 23.4. The summed E-state index contributed by atoms with van der Waals surface area (Å²) in [5.41, 5.74) is 1.20. The van der Waals surface area contributed by atoms with Gasteiger partial charge in [-0.3, -0.25) is 0 Å². The third kappa shape index (κ3) is 3.60. The number of rotatable bonds is 3. The molecule has 150 valence electrons. The van der Waals surface area contributed by atoms with Crippen molar-refractivity contribution in [2.75, 3.05) is 0 Å². The summed E-state index contributed by atoms with van der Waals surface area (Å²) in [5, 5.41) is 31.5. The fourth-order valence-electron chi connectivity index (χ4n) is 4.73. The predicted octanol–water partition coefficient (Wildman–Crippen LogP) is 4.93. The molecule has 0 saturated heterocycles. The number of halogens is 1. The highest BCUT2D eigenvalue weighted by atomic mass is 35.5. The lowest BCUT2D eigenvalue weighted by Gasteiger charge is -2.33. The lowest BCUT2D eigenvalue weighted by Crippen LogP contribution is -2.50. The van der Waals surface area contributed by atoms with Crippen molar-refractivity contribution < 1.29 is 10.2 Å². The van der Waals surface area contributed by atoms with Gasteiger partial charge in [0.2, 0.25) is 0 Å². The van der Waals surface area contributed by atoms with Crippen molar-refractivity contribution in [1.82, 2.24) is 5.32 Å². The highest BCUT2D eigenvalue weighted by Crippen LogP contribution is 2.33. The van der Waals surface area contributed by atoms with E-state index in [0.717, 1.165) is 19.3 Å². The van der Waals surface area contributed by atoms with Crippen LogP contribution < -0.4 is 5.32 Å². The topological polar surface area (TPSA) is 52.5 Å². The number of hydrogen-bond acceptors (Lipinski definition) is 3. The molecule has 4 aromatic rings. The Balaban J connectivity index is 0.00000205. The Hall–Kier alpha value is -2.17. The first-order valence-corrected chi connectivity index (χ1v) is 10.1. The molecule has 0 amide bonds. The first kappa shape index (κ1) is 20.1. The maximum Gasteiger partial charge on any atom is 0.0718 e. The molecule has 1 fully saturated rings. The van der Waals surface area contributed by atoms with E-state index in [1.54, 1.807) is 0 Å². The first-order valence-electron chi connectivity index (χ1n) is 10.1. The van der Waals surface area contributed by atoms with Crippen LogP contribution in [0, 0.1) is 0 Å². The van der Waals surface area contributed by atoms with Crippen LogP contribution in [0.2, 0.25) is 0 Å². The van der Waals surface area contributed by atoms with E-state index >= 15 is 0 Å². The van der Waals surface area contributed by atoms with Crippen molar-refractivity contribution >= 4 is 44.7 Å². The first-order chi connectivity index (χ1) is 13.7. The Labute approximate surface area is 176 Å². The molecule has 5 rings (SSSR count). The molecule has 0 aliphatic heterocycles. The molecule has 3 N–H and O–H groups in total. The Morgan fingerprint density at radius 1 is 0.724 bits per heavy atom. The van der Waals surface area contributed by atoms with Crippen LogP contribution in [0.4, 0.5) is 0 Å². The van der Waals surface area contributed by atoms with Crippen molar-refractivity contribution in [1.29, 1.82) is 0 Å². The molecule has 1 aliphatic rings. The molecule has 3 nitrogen and oxygen atoms in total. The maximum atomic E-state index is 10.3. The third-order valence-electron chi connectivity index (χ3n) is 6.21. The molecule has 0 unspecified atom stereocenters. The molecule has 0 aromatic heterocycles. The molecule has 0 bridgehead atoms. The summed E-state index contributed by atoms with van der Waals surface area (Å²) in [5.74, 6) is 0. The second-order valence-electron chi connectivity index (χ2n) is 7.94. The van der Waals surface area contributed by atoms with E-state index < -0.39 is 12.2 Å². The molecule has 4 heteroatoms. The van der Waals surface area contributed by atoms with Gasteiger partial charge in [-0.1, -0.05) is 60.7 Å². The second kappa shape index (κ2) is 8.29. The van der Waals surface area contributed by atoms with Gasteiger partial charge in [0.1, 0.15) is 0 Å². The van der Waals surface area contributed by atoms with Crippen LogP contribution in [-0.4, -0.2) is 28.5 Å². The van der Waals surface area contributed by atoms with Gasteiger partial charge in [-0.2, -0.15) is 0 Å². The predicted molar refractivity (Wildman–Crippen MR) is 123 cm³/mol. The number of fused-ring (bicyclic) bond motifs is 5. The number of aliphatic hydroxyl groups excluding tert-OH is 2. The molecule has 0 heterocycles. The summed E-state index contributed by atoms with van der Waals surface area (Å²) in [7, 11) is 0. The quantitative estimate of drug-likeness (QED) is 0.422. The minimum absolute atomic E-state index is 0. The molecular formula is C25H26ClNO2. The molecule has 4 aromatic carbocycles. The van der Waals surface area contributed by atoms with Crippen molar-refractivity contribution in [2.24, 2.45) is 0 Å². The molecular weight excluding hydrogens is 382 g/mol. The van der Waals surface area contributed by atoms with Gasteiger partial charge in [0.25, 0.3) is 0 Å². The summed E-state index contributed by atoms with van der Waals surface area (Å²) in [6.07, 6.45) is 1.40. The Bertz CT molecular complexity index is 1150. The standard InChI is InChI=1S/C25H25NO2.ClH/c27-23-10-5-11-24(28)25(23)26-15-17-14-22-18-7-2-1-6-16(18)12-13-21(22)20-9-4-3-8-19(17)20;/h1-4,6-9,12-14,23-28H,5,10-11,15H2;1H/t23-,24+,25+;. The van der Waals surface area contributed by atoms with E-state index in [-0.39, 0.29) is 18.4 Å². The van der Waals surface area contributed by atoms with Crippen molar-refractivity contribution in [2.45, 2.75) is 44.1 Å². The smallest absolute Gasteiger partial charge is 0.0718 e. The third-order valence-corrected chi connectivity index (χ3v) is 6.21. The van der Waals surface area contributed by atoms with Gasteiger partial charge in [0.05, 0.1) is 18.2 Å². The fourth-order valence-corrected chi connectivity index (χ4v) is 4.73. The summed E-state index contributed by atoms with van der Waals surface area (Å²) in [4.78, 5) is 0. The van der Waals surface area contributed by atoms with Crippen LogP contribution in [0.5, 0.6) is 0 Å². The SMILES string of the molecule is Cl.O[C@@H]1CCC[C@H](O)[C@H]1NCc1cc2c3ccccc3ccc2c2ccccc12. The average molecular weight is 408 g/mol. The zero-order valence-electron chi connectivity index (χ0n) is 16.2. The largest absolute Gasteiger partial charge is 0.391 e. The van der Waals surface area contributed by atoms with E-state index in [0.29, 0.717) is 6.54 Å². The van der Waals surface area contributed by atoms with Crippen LogP contribution in [-0.2, 0) is 6.54 Å². The Morgan fingerprint density at radius 2 is 1.34 bits per heavy atom. The lowest BCUT2D eigenvalue weighted by molar-refractivity contribution is 0.000917. The minimum atomic E-state index is -0.490. The van der Waals surface area contributed by atoms with Gasteiger partial charge < -0.3 is 15.5 Å². The summed E-state index contributed by atoms with van der Waals surface area (Å²) in [6.45, 7) is 0.623. The Morgan fingerprint density at radius 3 is 2.10 bits per heavy atom. The highest BCUT2D eigenvalue weighted by molar-refractivity contribution is 6.18. The molecule has 0 spiro atoms. The second-order valence-corrected chi connectivity index (χ2v) is 7.94. The summed E-state index contributed by atoms with van der Waals surface area (Å²) >= 11 is 0. The normalized spacial score (nSPS) is 22.1. The van der Waals surface area contributed by atoms with Gasteiger partial charge in [-0.05, 0) is 63.2 Å². The van der Waals surface area contributed by atoms with Gasteiger partial charge in [0.15, 0.2) is 0 Å². The zero-order chi connectivity index (χ0) is 19.1. The Kier molecular flexibility index (Phi) is 5.75. The fraction of sp³-hybridized carbons (Fsp3) is 0.280. The molecule has 0 radical (unpaired) electrons. The van der Waals surface area contributed by atoms with Gasteiger partial charge >= 0.3 is 0 Å². The van der Waals surface area contributed by atoms with E-state index in [4.69, 9.17) is 0 Å². The zero-order valence-corrected chi connectivity index (χ0v) is 17.0. The van der Waals surface area contributed by atoms with Crippen molar-refractivity contribution in [3.63, 3.8) is 0 Å². The number of aliphatic hydroxyl groups is 2. The number of benzene rings is 4. The maximum absolute atomic E-state index is 10.3. The van der Waals surface area contributed by atoms with Gasteiger partial charge in [-0.25, -0.2) is 0 Å². The summed E-state index contributed by atoms with van der Waals surface area (Å²) < 4.78 is 0. The van der Waals surface area contributed by atoms with E-state index in [9.17, 15) is 10.2 Å². The van der Waals surface area contributed by atoms with Crippen LogP contribution in [0.3, 0.4) is 0 Å². The van der Waals surface area contributed by atoms with Crippen LogP contribution in [0.15, 0.2) is 66.7 Å². The van der Waals surface area contributed by atoms with Gasteiger partial charge in [-0.15, -0.1) is 12.4 Å². The van der Waals surface area contributed by atoms with E-state index in [1.807, 2.05) is 0 Å². The number of nitrogens with one attached hydrogen (secondary N) is 1. The van der Waals surface area contributed by atoms with Crippen LogP contribution >= 0.6 is 12.4 Å². The molecule has 29 heavy (non-hydrogen) atoms.